The zero-order chi connectivity index (χ0) is 21.5. The van der Waals surface area contributed by atoms with Crippen molar-refractivity contribution in [1.82, 2.24) is 0 Å². The van der Waals surface area contributed by atoms with Crippen molar-refractivity contribution in [3.05, 3.63) is 81.3 Å². The minimum Gasteiger partial charge on any atom is -0.493 e. The third-order valence-corrected chi connectivity index (χ3v) is 5.36. The molecule has 7 heteroatoms. The fourth-order valence-electron chi connectivity index (χ4n) is 2.78. The monoisotopic (exact) mass is 488 g/mol. The van der Waals surface area contributed by atoms with Gasteiger partial charge in [-0.25, -0.2) is 0 Å². The third kappa shape index (κ3) is 5.90. The highest BCUT2D eigenvalue weighted by Gasteiger charge is 2.14. The second-order valence-electron chi connectivity index (χ2n) is 6.63. The van der Waals surface area contributed by atoms with Crippen molar-refractivity contribution in [2.24, 2.45) is 0 Å². The summed E-state index contributed by atoms with van der Waals surface area (Å²) >= 11 is 9.62. The SMILES string of the molecule is COc1cc(CNc2ccccc2)cc(Br)c1OCC(=O)Nc1ccc(C)c(Cl)c1. The molecule has 5 nitrogen and oxygen atoms in total. The van der Waals surface area contributed by atoms with E-state index >= 15 is 0 Å². The standard InChI is InChI=1S/C23H22BrClN2O3/c1-15-8-9-18(12-20(15)25)27-22(28)14-30-23-19(24)10-16(11-21(23)29-2)13-26-17-6-4-3-5-7-17/h3-12,26H,13-14H2,1-2H3,(H,27,28). The Morgan fingerprint density at radius 1 is 1.07 bits per heavy atom. The molecule has 0 aliphatic heterocycles. The first-order valence-corrected chi connectivity index (χ1v) is 10.5. The largest absolute Gasteiger partial charge is 0.493 e. The van der Waals surface area contributed by atoms with E-state index in [0.717, 1.165) is 16.8 Å². The van der Waals surface area contributed by atoms with E-state index in [1.807, 2.05) is 55.5 Å². The van der Waals surface area contributed by atoms with E-state index in [9.17, 15) is 4.79 Å². The molecule has 2 N–H and O–H groups in total. The molecule has 156 valence electrons. The van der Waals surface area contributed by atoms with Gasteiger partial charge in [-0.05, 0) is 70.4 Å². The quantitative estimate of drug-likeness (QED) is 0.404. The lowest BCUT2D eigenvalue weighted by Gasteiger charge is -2.15. The lowest BCUT2D eigenvalue weighted by molar-refractivity contribution is -0.118. The van der Waals surface area contributed by atoms with Crippen LogP contribution < -0.4 is 20.1 Å². The van der Waals surface area contributed by atoms with E-state index in [1.165, 1.54) is 0 Å². The summed E-state index contributed by atoms with van der Waals surface area (Å²) in [5, 5.41) is 6.72. The fraction of sp³-hybridized carbons (Fsp3) is 0.174. The van der Waals surface area contributed by atoms with Crippen LogP contribution in [0.15, 0.2) is 65.1 Å². The average Bonchev–Trinajstić information content (AvgIpc) is 2.74. The Morgan fingerprint density at radius 2 is 1.83 bits per heavy atom. The van der Waals surface area contributed by atoms with E-state index in [1.54, 1.807) is 19.2 Å². The summed E-state index contributed by atoms with van der Waals surface area (Å²) in [5.41, 5.74) is 3.60. The summed E-state index contributed by atoms with van der Waals surface area (Å²) in [4.78, 5) is 12.3. The highest BCUT2D eigenvalue weighted by Crippen LogP contribution is 2.37. The molecular weight excluding hydrogens is 468 g/mol. The summed E-state index contributed by atoms with van der Waals surface area (Å²) < 4.78 is 11.9. The average molecular weight is 490 g/mol. The lowest BCUT2D eigenvalue weighted by Crippen LogP contribution is -2.20. The van der Waals surface area contributed by atoms with Crippen molar-refractivity contribution < 1.29 is 14.3 Å². The molecule has 0 aliphatic rings. The van der Waals surface area contributed by atoms with Gasteiger partial charge in [-0.1, -0.05) is 35.9 Å². The Bertz CT molecular complexity index is 1030. The predicted octanol–water partition coefficient (Wildman–Crippen LogP) is 6.05. The number of methoxy groups -OCH3 is 1. The van der Waals surface area contributed by atoms with Crippen molar-refractivity contribution in [2.45, 2.75) is 13.5 Å². The number of halogens is 2. The molecule has 0 spiro atoms. The first-order valence-electron chi connectivity index (χ1n) is 9.30. The number of benzene rings is 3. The highest BCUT2D eigenvalue weighted by molar-refractivity contribution is 9.10. The molecule has 0 bridgehead atoms. The van der Waals surface area contributed by atoms with E-state index in [0.29, 0.717) is 33.2 Å². The normalized spacial score (nSPS) is 10.4. The molecule has 3 rings (SSSR count). The van der Waals surface area contributed by atoms with Crippen LogP contribution in [0.1, 0.15) is 11.1 Å². The summed E-state index contributed by atoms with van der Waals surface area (Å²) in [5.74, 6) is 0.720. The molecule has 3 aromatic carbocycles. The molecule has 30 heavy (non-hydrogen) atoms. The summed E-state index contributed by atoms with van der Waals surface area (Å²) in [6.45, 7) is 2.36. The van der Waals surface area contributed by atoms with Gasteiger partial charge >= 0.3 is 0 Å². The number of aryl methyl sites for hydroxylation is 1. The van der Waals surface area contributed by atoms with Crippen LogP contribution in [0.4, 0.5) is 11.4 Å². The van der Waals surface area contributed by atoms with Crippen molar-refractivity contribution in [3.8, 4) is 11.5 Å². The van der Waals surface area contributed by atoms with Crippen molar-refractivity contribution in [2.75, 3.05) is 24.4 Å². The summed E-state index contributed by atoms with van der Waals surface area (Å²) in [6, 6.07) is 19.1. The molecule has 0 saturated heterocycles. The topological polar surface area (TPSA) is 59.6 Å². The van der Waals surface area contributed by atoms with Gasteiger partial charge in [0.25, 0.3) is 5.91 Å². The Labute approximate surface area is 189 Å². The van der Waals surface area contributed by atoms with Crippen LogP contribution in [-0.2, 0) is 11.3 Å². The molecule has 0 fully saturated rings. The van der Waals surface area contributed by atoms with Gasteiger partial charge in [0.2, 0.25) is 0 Å². The van der Waals surface area contributed by atoms with E-state index in [2.05, 4.69) is 26.6 Å². The van der Waals surface area contributed by atoms with Gasteiger partial charge in [0.1, 0.15) is 0 Å². The zero-order valence-corrected chi connectivity index (χ0v) is 19.0. The molecule has 0 heterocycles. The molecule has 0 atom stereocenters. The van der Waals surface area contributed by atoms with Crippen LogP contribution in [-0.4, -0.2) is 19.6 Å². The van der Waals surface area contributed by atoms with Gasteiger partial charge in [0, 0.05) is 22.9 Å². The highest BCUT2D eigenvalue weighted by atomic mass is 79.9. The fourth-order valence-corrected chi connectivity index (χ4v) is 3.57. The van der Waals surface area contributed by atoms with Crippen molar-refractivity contribution in [3.63, 3.8) is 0 Å². The number of amides is 1. The second kappa shape index (κ2) is 10.4. The summed E-state index contributed by atoms with van der Waals surface area (Å²) in [7, 11) is 1.57. The number of ether oxygens (including phenoxy) is 2. The first-order chi connectivity index (χ1) is 14.5. The number of para-hydroxylation sites is 1. The Kier molecular flexibility index (Phi) is 7.60. The molecule has 0 radical (unpaired) electrons. The molecule has 0 aromatic heterocycles. The van der Waals surface area contributed by atoms with Gasteiger partial charge in [0.15, 0.2) is 18.1 Å². The number of anilines is 2. The Hall–Kier alpha value is -2.70. The van der Waals surface area contributed by atoms with Gasteiger partial charge in [-0.3, -0.25) is 4.79 Å². The number of hydrogen-bond acceptors (Lipinski definition) is 4. The second-order valence-corrected chi connectivity index (χ2v) is 7.89. The number of carbonyl (C=O) groups excluding carboxylic acids is 1. The molecule has 0 saturated carbocycles. The minimum atomic E-state index is -0.293. The Morgan fingerprint density at radius 3 is 2.53 bits per heavy atom. The molecule has 0 aliphatic carbocycles. The van der Waals surface area contributed by atoms with Crippen molar-refractivity contribution in [1.29, 1.82) is 0 Å². The van der Waals surface area contributed by atoms with Crippen molar-refractivity contribution >= 4 is 44.8 Å². The van der Waals surface area contributed by atoms with Crippen LogP contribution in [0.5, 0.6) is 11.5 Å². The van der Waals surface area contributed by atoms with Crippen LogP contribution in [0.2, 0.25) is 5.02 Å². The van der Waals surface area contributed by atoms with Gasteiger partial charge < -0.3 is 20.1 Å². The zero-order valence-electron chi connectivity index (χ0n) is 16.7. The number of rotatable bonds is 8. The molecular formula is C23H22BrClN2O3. The maximum Gasteiger partial charge on any atom is 0.262 e. The third-order valence-electron chi connectivity index (χ3n) is 4.36. The summed E-state index contributed by atoms with van der Waals surface area (Å²) in [6.07, 6.45) is 0. The minimum absolute atomic E-state index is 0.165. The lowest BCUT2D eigenvalue weighted by atomic mass is 10.2. The number of nitrogens with one attached hydrogen (secondary N) is 2. The van der Waals surface area contributed by atoms with Gasteiger partial charge in [0.05, 0.1) is 11.6 Å². The first kappa shape index (κ1) is 22.0. The smallest absolute Gasteiger partial charge is 0.262 e. The molecule has 3 aromatic rings. The van der Waals surface area contributed by atoms with Crippen LogP contribution in [0.25, 0.3) is 0 Å². The van der Waals surface area contributed by atoms with E-state index in [4.69, 9.17) is 21.1 Å². The van der Waals surface area contributed by atoms with Crippen LogP contribution in [0, 0.1) is 6.92 Å². The predicted molar refractivity (Wildman–Crippen MR) is 125 cm³/mol. The molecule has 0 unspecified atom stereocenters. The van der Waals surface area contributed by atoms with Gasteiger partial charge in [-0.15, -0.1) is 0 Å². The number of carbonyl (C=O) groups is 1. The Balaban J connectivity index is 1.63. The molecule has 1 amide bonds. The maximum absolute atomic E-state index is 12.3. The van der Waals surface area contributed by atoms with E-state index in [-0.39, 0.29) is 12.5 Å². The van der Waals surface area contributed by atoms with Crippen LogP contribution in [0.3, 0.4) is 0 Å². The van der Waals surface area contributed by atoms with Crippen LogP contribution >= 0.6 is 27.5 Å². The number of hydrogen-bond donors (Lipinski definition) is 2. The maximum atomic E-state index is 12.3. The van der Waals surface area contributed by atoms with E-state index < -0.39 is 0 Å². The van der Waals surface area contributed by atoms with Gasteiger partial charge in [-0.2, -0.15) is 0 Å².